The van der Waals surface area contributed by atoms with Crippen LogP contribution in [0.1, 0.15) is 22.9 Å². The Morgan fingerprint density at radius 2 is 1.69 bits per heavy atom. The Morgan fingerprint density at radius 1 is 1.00 bits per heavy atom. The first-order chi connectivity index (χ1) is 15.5. The highest BCUT2D eigenvalue weighted by Crippen LogP contribution is 2.46. The highest BCUT2D eigenvalue weighted by Gasteiger charge is 2.47. The molecule has 8 nitrogen and oxygen atoms in total. The number of nitrogens with zero attached hydrogens (tertiary/aromatic N) is 2. The van der Waals surface area contributed by atoms with Crippen LogP contribution < -0.4 is 14.2 Å². The number of carbonyl (C=O) groups excluding carboxylic acids is 2. The van der Waals surface area contributed by atoms with Gasteiger partial charge in [-0.3, -0.25) is 9.59 Å². The molecule has 5 rings (SSSR count). The van der Waals surface area contributed by atoms with E-state index in [2.05, 4.69) is 4.98 Å². The minimum atomic E-state index is -0.572. The smallest absolute Gasteiger partial charge is 0.245 e. The Morgan fingerprint density at radius 3 is 2.34 bits per heavy atom. The molecule has 0 aliphatic carbocycles. The fourth-order valence-electron chi connectivity index (χ4n) is 5.01. The fourth-order valence-corrected chi connectivity index (χ4v) is 5.01. The lowest BCUT2D eigenvalue weighted by Gasteiger charge is -2.46. The van der Waals surface area contributed by atoms with Crippen LogP contribution in [0.3, 0.4) is 0 Å². The third-order valence-electron chi connectivity index (χ3n) is 6.46. The summed E-state index contributed by atoms with van der Waals surface area (Å²) in [7, 11) is 6.35. The number of ether oxygens (including phenoxy) is 3. The molecule has 166 valence electrons. The first kappa shape index (κ1) is 20.2. The molecule has 3 aromatic rings. The van der Waals surface area contributed by atoms with Crippen molar-refractivity contribution < 1.29 is 23.8 Å². The van der Waals surface area contributed by atoms with Crippen molar-refractivity contribution in [3.05, 3.63) is 53.2 Å². The lowest BCUT2D eigenvalue weighted by Crippen LogP contribution is -2.62. The molecular formula is C24H25N3O5. The van der Waals surface area contributed by atoms with Crippen molar-refractivity contribution in [2.24, 2.45) is 0 Å². The third kappa shape index (κ3) is 2.82. The summed E-state index contributed by atoms with van der Waals surface area (Å²) in [4.78, 5) is 33.1. The third-order valence-corrected chi connectivity index (χ3v) is 6.46. The summed E-state index contributed by atoms with van der Waals surface area (Å²) in [6.45, 7) is 0.0474. The summed E-state index contributed by atoms with van der Waals surface area (Å²) in [6, 6.07) is 10.6. The minimum absolute atomic E-state index is 0.0474. The number of likely N-dealkylation sites (N-methyl/N-ethyl adjacent to an activating group) is 1. The van der Waals surface area contributed by atoms with E-state index in [1.807, 2.05) is 36.4 Å². The van der Waals surface area contributed by atoms with Crippen LogP contribution in [0.5, 0.6) is 17.2 Å². The zero-order chi connectivity index (χ0) is 22.6. The number of aromatic amines is 1. The number of para-hydroxylation sites is 1. The molecule has 1 aromatic heterocycles. The van der Waals surface area contributed by atoms with Crippen LogP contribution in [-0.4, -0.2) is 67.6 Å². The van der Waals surface area contributed by atoms with E-state index in [9.17, 15) is 9.59 Å². The number of hydrogen-bond donors (Lipinski definition) is 1. The summed E-state index contributed by atoms with van der Waals surface area (Å²) in [5, 5.41) is 1.06. The van der Waals surface area contributed by atoms with Crippen LogP contribution in [0.25, 0.3) is 10.9 Å². The normalized spacial score (nSPS) is 20.2. The maximum absolute atomic E-state index is 13.3. The van der Waals surface area contributed by atoms with Gasteiger partial charge in [-0.1, -0.05) is 18.2 Å². The monoisotopic (exact) mass is 435 g/mol. The first-order valence-corrected chi connectivity index (χ1v) is 10.4. The molecular weight excluding hydrogens is 410 g/mol. The summed E-state index contributed by atoms with van der Waals surface area (Å²) in [5.41, 5.74) is 3.71. The van der Waals surface area contributed by atoms with Gasteiger partial charge in [-0.05, 0) is 29.3 Å². The number of benzene rings is 2. The molecule has 1 fully saturated rings. The van der Waals surface area contributed by atoms with Crippen molar-refractivity contribution in [2.75, 3.05) is 34.9 Å². The maximum Gasteiger partial charge on any atom is 0.245 e. The van der Waals surface area contributed by atoms with Gasteiger partial charge in [0.1, 0.15) is 6.04 Å². The van der Waals surface area contributed by atoms with Crippen molar-refractivity contribution >= 4 is 22.7 Å². The zero-order valence-electron chi connectivity index (χ0n) is 18.5. The molecule has 2 amide bonds. The SMILES string of the molecule is COc1cc([C@@H]2c3[nH]c4ccccc4c3C[C@@H]3C(=O)N(C)CC(=O)N23)cc(OC)c1OC. The van der Waals surface area contributed by atoms with Gasteiger partial charge in [0.15, 0.2) is 11.5 Å². The molecule has 0 bridgehead atoms. The van der Waals surface area contributed by atoms with Crippen molar-refractivity contribution in [3.8, 4) is 17.2 Å². The molecule has 0 radical (unpaired) electrons. The zero-order valence-corrected chi connectivity index (χ0v) is 18.5. The van der Waals surface area contributed by atoms with E-state index >= 15 is 0 Å². The Labute approximate surface area is 185 Å². The number of amides is 2. The van der Waals surface area contributed by atoms with Gasteiger partial charge in [0.05, 0.1) is 33.9 Å². The van der Waals surface area contributed by atoms with Gasteiger partial charge in [-0.15, -0.1) is 0 Å². The van der Waals surface area contributed by atoms with Crippen LogP contribution in [0.4, 0.5) is 0 Å². The maximum atomic E-state index is 13.3. The van der Waals surface area contributed by atoms with Crippen molar-refractivity contribution in [1.29, 1.82) is 0 Å². The average Bonchev–Trinajstić information content (AvgIpc) is 3.18. The number of piperazine rings is 1. The van der Waals surface area contributed by atoms with Gasteiger partial charge in [-0.2, -0.15) is 0 Å². The van der Waals surface area contributed by atoms with Gasteiger partial charge >= 0.3 is 0 Å². The molecule has 0 saturated carbocycles. The van der Waals surface area contributed by atoms with Gasteiger partial charge in [0.2, 0.25) is 17.6 Å². The Balaban J connectivity index is 1.78. The molecule has 2 aliphatic rings. The van der Waals surface area contributed by atoms with E-state index in [-0.39, 0.29) is 18.4 Å². The first-order valence-electron chi connectivity index (χ1n) is 10.4. The van der Waals surface area contributed by atoms with Crippen molar-refractivity contribution in [2.45, 2.75) is 18.5 Å². The lowest BCUT2D eigenvalue weighted by molar-refractivity contribution is -0.157. The molecule has 1 saturated heterocycles. The van der Waals surface area contributed by atoms with E-state index in [0.29, 0.717) is 23.7 Å². The largest absolute Gasteiger partial charge is 0.493 e. The number of fused-ring (bicyclic) bond motifs is 4. The van der Waals surface area contributed by atoms with Crippen LogP contribution in [-0.2, 0) is 16.0 Å². The van der Waals surface area contributed by atoms with Crippen molar-refractivity contribution in [1.82, 2.24) is 14.8 Å². The molecule has 2 aromatic carbocycles. The van der Waals surface area contributed by atoms with Gasteiger partial charge in [0, 0.05) is 30.1 Å². The number of hydrogen-bond acceptors (Lipinski definition) is 5. The second-order valence-corrected chi connectivity index (χ2v) is 8.14. The summed E-state index contributed by atoms with van der Waals surface area (Å²) in [5.74, 6) is 1.31. The quantitative estimate of drug-likeness (QED) is 0.681. The number of aromatic nitrogens is 1. The van der Waals surface area contributed by atoms with Crippen molar-refractivity contribution in [3.63, 3.8) is 0 Å². The topological polar surface area (TPSA) is 84.1 Å². The predicted octanol–water partition coefficient (Wildman–Crippen LogP) is 2.51. The molecule has 2 aliphatic heterocycles. The minimum Gasteiger partial charge on any atom is -0.493 e. The standard InChI is InChI=1S/C24H25N3O5/c1-26-12-20(28)27-17(24(26)29)11-15-14-7-5-6-8-16(14)25-21(15)22(27)13-9-18(30-2)23(32-4)19(10-13)31-3/h5-10,17,22,25H,11-12H2,1-4H3/t17-,22-/m1/s1. The molecule has 1 N–H and O–H groups in total. The molecule has 2 atom stereocenters. The van der Waals surface area contributed by atoms with Gasteiger partial charge in [0.25, 0.3) is 0 Å². The second-order valence-electron chi connectivity index (χ2n) is 8.14. The van der Waals surface area contributed by atoms with E-state index < -0.39 is 12.1 Å². The molecule has 0 unspecified atom stereocenters. The van der Waals surface area contributed by atoms with E-state index in [1.165, 1.54) is 4.90 Å². The average molecular weight is 435 g/mol. The predicted molar refractivity (Wildman–Crippen MR) is 118 cm³/mol. The molecule has 3 heterocycles. The summed E-state index contributed by atoms with van der Waals surface area (Å²) >= 11 is 0. The fraction of sp³-hybridized carbons (Fsp3) is 0.333. The lowest BCUT2D eigenvalue weighted by atomic mass is 9.86. The number of rotatable bonds is 4. The summed E-state index contributed by atoms with van der Waals surface area (Å²) < 4.78 is 16.6. The van der Waals surface area contributed by atoms with Crippen LogP contribution in [0, 0.1) is 0 Å². The Bertz CT molecular complexity index is 1210. The molecule has 0 spiro atoms. The number of methoxy groups -OCH3 is 3. The Kier molecular flexibility index (Phi) is 4.73. The Hall–Kier alpha value is -3.68. The van der Waals surface area contributed by atoms with Gasteiger partial charge in [-0.25, -0.2) is 0 Å². The van der Waals surface area contributed by atoms with Gasteiger partial charge < -0.3 is 29.0 Å². The number of nitrogens with one attached hydrogen (secondary N) is 1. The van der Waals surface area contributed by atoms with Crippen LogP contribution in [0.2, 0.25) is 0 Å². The van der Waals surface area contributed by atoms with Crippen LogP contribution >= 0.6 is 0 Å². The second kappa shape index (κ2) is 7.47. The number of carbonyl (C=O) groups is 2. The molecule has 8 heteroatoms. The highest BCUT2D eigenvalue weighted by molar-refractivity contribution is 5.97. The van der Waals surface area contributed by atoms with E-state index in [0.717, 1.165) is 27.7 Å². The van der Waals surface area contributed by atoms with E-state index in [1.54, 1.807) is 33.3 Å². The van der Waals surface area contributed by atoms with Crippen LogP contribution in [0.15, 0.2) is 36.4 Å². The highest BCUT2D eigenvalue weighted by atomic mass is 16.5. The number of H-pyrrole nitrogens is 1. The summed E-state index contributed by atoms with van der Waals surface area (Å²) in [6.07, 6.45) is 0.467. The van der Waals surface area contributed by atoms with E-state index in [4.69, 9.17) is 14.2 Å². The molecule has 32 heavy (non-hydrogen) atoms.